The van der Waals surface area contributed by atoms with Crippen LogP contribution in [0, 0.1) is 0 Å². The fourth-order valence-electron chi connectivity index (χ4n) is 3.46. The number of anilines is 2. The number of H-pyrrole nitrogens is 1. The Hall–Kier alpha value is -3.19. The predicted octanol–water partition coefficient (Wildman–Crippen LogP) is 2.59. The largest absolute Gasteiger partial charge is 0.369 e. The molecule has 7 nitrogen and oxygen atoms in total. The van der Waals surface area contributed by atoms with Crippen molar-refractivity contribution in [2.24, 2.45) is 0 Å². The molecule has 0 atom stereocenters. The van der Waals surface area contributed by atoms with E-state index in [4.69, 9.17) is 0 Å². The Morgan fingerprint density at radius 2 is 1.90 bits per heavy atom. The second-order valence-corrected chi connectivity index (χ2v) is 7.43. The molecule has 0 aliphatic carbocycles. The van der Waals surface area contributed by atoms with Crippen molar-refractivity contribution < 1.29 is 4.79 Å². The normalized spacial score (nSPS) is 14.7. The van der Waals surface area contributed by atoms with Crippen LogP contribution in [0.4, 0.5) is 11.5 Å². The third kappa shape index (κ3) is 5.00. The number of hydrogen-bond donors (Lipinski definition) is 2. The fourth-order valence-corrected chi connectivity index (χ4v) is 3.46. The number of pyridine rings is 1. The number of likely N-dealkylation sites (N-methyl/N-ethyl adjacent to an activating group) is 1. The molecule has 0 saturated carbocycles. The molecule has 0 spiro atoms. The molecule has 2 N–H and O–H groups in total. The summed E-state index contributed by atoms with van der Waals surface area (Å²) >= 11 is 0. The van der Waals surface area contributed by atoms with E-state index in [0.717, 1.165) is 50.4 Å². The Morgan fingerprint density at radius 1 is 1.10 bits per heavy atom. The van der Waals surface area contributed by atoms with Crippen molar-refractivity contribution in [1.29, 1.82) is 0 Å². The van der Waals surface area contributed by atoms with E-state index >= 15 is 0 Å². The molecule has 1 saturated heterocycles. The predicted molar refractivity (Wildman–Crippen MR) is 114 cm³/mol. The van der Waals surface area contributed by atoms with E-state index in [1.54, 1.807) is 6.20 Å². The first-order valence-corrected chi connectivity index (χ1v) is 9.95. The Balaban J connectivity index is 1.31. The molecule has 150 valence electrons. The highest BCUT2D eigenvalue weighted by Crippen LogP contribution is 2.18. The van der Waals surface area contributed by atoms with Crippen LogP contribution in [0.1, 0.15) is 21.6 Å². The Labute approximate surface area is 170 Å². The van der Waals surface area contributed by atoms with Gasteiger partial charge >= 0.3 is 0 Å². The molecule has 1 amide bonds. The molecule has 0 unspecified atom stereocenters. The average Bonchev–Trinajstić information content (AvgIpc) is 3.21. The van der Waals surface area contributed by atoms with Crippen LogP contribution in [0.25, 0.3) is 0 Å². The minimum atomic E-state index is -0.153. The van der Waals surface area contributed by atoms with Gasteiger partial charge in [0.2, 0.25) is 0 Å². The number of aromatic nitrogens is 3. The van der Waals surface area contributed by atoms with E-state index in [-0.39, 0.29) is 5.91 Å². The summed E-state index contributed by atoms with van der Waals surface area (Å²) in [6.07, 6.45) is 5.32. The first-order valence-electron chi connectivity index (χ1n) is 9.95. The highest BCUT2D eigenvalue weighted by atomic mass is 16.1. The second-order valence-electron chi connectivity index (χ2n) is 7.43. The molecule has 4 rings (SSSR count). The number of aromatic amines is 1. The van der Waals surface area contributed by atoms with E-state index in [0.29, 0.717) is 11.4 Å². The number of amides is 1. The van der Waals surface area contributed by atoms with Crippen LogP contribution in [-0.4, -0.2) is 59.2 Å². The van der Waals surface area contributed by atoms with Gasteiger partial charge in [0.25, 0.3) is 5.91 Å². The van der Waals surface area contributed by atoms with Crippen molar-refractivity contribution in [3.8, 4) is 0 Å². The molecular formula is C22H26N6O. The molecule has 1 aliphatic heterocycles. The molecule has 3 aromatic rings. The summed E-state index contributed by atoms with van der Waals surface area (Å²) in [5.74, 6) is 0.388. The second kappa shape index (κ2) is 8.87. The number of piperazine rings is 1. The number of carbonyl (C=O) groups excluding carboxylic acids is 1. The van der Waals surface area contributed by atoms with Gasteiger partial charge in [0.05, 0.1) is 0 Å². The van der Waals surface area contributed by atoms with Gasteiger partial charge in [0.15, 0.2) is 5.82 Å². The average molecular weight is 390 g/mol. The van der Waals surface area contributed by atoms with Crippen molar-refractivity contribution >= 4 is 17.4 Å². The maximum atomic E-state index is 12.5. The lowest BCUT2D eigenvalue weighted by Gasteiger charge is -2.34. The zero-order chi connectivity index (χ0) is 20.1. The van der Waals surface area contributed by atoms with E-state index in [1.807, 2.05) is 42.6 Å². The zero-order valence-electron chi connectivity index (χ0n) is 16.6. The molecule has 0 radical (unpaired) electrons. The summed E-state index contributed by atoms with van der Waals surface area (Å²) in [7, 11) is 2.14. The molecule has 3 heterocycles. The molecule has 1 fully saturated rings. The molecule has 0 bridgehead atoms. The molecule has 7 heteroatoms. The number of nitrogens with zero attached hydrogens (tertiary/aromatic N) is 4. The highest BCUT2D eigenvalue weighted by molar-refractivity contribution is 6.03. The van der Waals surface area contributed by atoms with E-state index in [2.05, 4.69) is 43.4 Å². The Kier molecular flexibility index (Phi) is 5.86. The van der Waals surface area contributed by atoms with Crippen LogP contribution < -0.4 is 10.2 Å². The SMILES string of the molecule is CN1CCN(c2ccc(C(=O)Nc3cc(CCc4cccnc4)[nH]n3)cc2)CC1. The van der Waals surface area contributed by atoms with Gasteiger partial charge in [0.1, 0.15) is 0 Å². The number of rotatable bonds is 6. The van der Waals surface area contributed by atoms with Crippen LogP contribution in [0.15, 0.2) is 54.9 Å². The van der Waals surface area contributed by atoms with Crippen LogP contribution >= 0.6 is 0 Å². The summed E-state index contributed by atoms with van der Waals surface area (Å²) in [6.45, 7) is 4.14. The van der Waals surface area contributed by atoms with Crippen LogP contribution in [-0.2, 0) is 12.8 Å². The van der Waals surface area contributed by atoms with Gasteiger partial charge in [-0.3, -0.25) is 14.9 Å². The Bertz CT molecular complexity index is 929. The summed E-state index contributed by atoms with van der Waals surface area (Å²) in [5, 5.41) is 10.1. The van der Waals surface area contributed by atoms with Crippen molar-refractivity contribution in [3.05, 3.63) is 71.7 Å². The molecule has 2 aromatic heterocycles. The summed E-state index contributed by atoms with van der Waals surface area (Å²) in [4.78, 5) is 21.3. The Morgan fingerprint density at radius 3 is 2.62 bits per heavy atom. The lowest BCUT2D eigenvalue weighted by molar-refractivity contribution is 0.102. The zero-order valence-corrected chi connectivity index (χ0v) is 16.6. The smallest absolute Gasteiger partial charge is 0.256 e. The number of nitrogens with one attached hydrogen (secondary N) is 2. The van der Waals surface area contributed by atoms with Gasteiger partial charge in [-0.2, -0.15) is 5.10 Å². The monoisotopic (exact) mass is 390 g/mol. The van der Waals surface area contributed by atoms with Crippen molar-refractivity contribution in [1.82, 2.24) is 20.1 Å². The van der Waals surface area contributed by atoms with Gasteiger partial charge in [-0.25, -0.2) is 0 Å². The maximum absolute atomic E-state index is 12.5. The van der Waals surface area contributed by atoms with Gasteiger partial charge in [-0.05, 0) is 55.8 Å². The topological polar surface area (TPSA) is 77.1 Å². The van der Waals surface area contributed by atoms with Crippen molar-refractivity contribution in [3.63, 3.8) is 0 Å². The standard InChI is InChI=1S/C22H26N6O/c1-27-11-13-28(14-12-27)20-8-5-18(6-9-20)22(29)24-21-15-19(25-26-21)7-4-17-3-2-10-23-16-17/h2-3,5-6,8-10,15-16H,4,7,11-14H2,1H3,(H2,24,25,26,29). The summed E-state index contributed by atoms with van der Waals surface area (Å²) in [6, 6.07) is 13.7. The number of carbonyl (C=O) groups is 1. The minimum Gasteiger partial charge on any atom is -0.369 e. The van der Waals surface area contributed by atoms with E-state index < -0.39 is 0 Å². The molecular weight excluding hydrogens is 364 g/mol. The maximum Gasteiger partial charge on any atom is 0.256 e. The first-order chi connectivity index (χ1) is 14.2. The van der Waals surface area contributed by atoms with Crippen LogP contribution in [0.3, 0.4) is 0 Å². The van der Waals surface area contributed by atoms with Crippen LogP contribution in [0.5, 0.6) is 0 Å². The molecule has 1 aliphatic rings. The molecule has 1 aromatic carbocycles. The number of hydrogen-bond acceptors (Lipinski definition) is 5. The van der Waals surface area contributed by atoms with Crippen molar-refractivity contribution in [2.75, 3.05) is 43.4 Å². The minimum absolute atomic E-state index is 0.153. The van der Waals surface area contributed by atoms with Crippen LogP contribution in [0.2, 0.25) is 0 Å². The van der Waals surface area contributed by atoms with Gasteiger partial charge < -0.3 is 15.1 Å². The first kappa shape index (κ1) is 19.1. The fraction of sp³-hybridized carbons (Fsp3) is 0.318. The summed E-state index contributed by atoms with van der Waals surface area (Å²) < 4.78 is 0. The number of benzene rings is 1. The summed E-state index contributed by atoms with van der Waals surface area (Å²) in [5.41, 5.74) is 3.94. The van der Waals surface area contributed by atoms with Crippen molar-refractivity contribution in [2.45, 2.75) is 12.8 Å². The lowest BCUT2D eigenvalue weighted by Crippen LogP contribution is -2.44. The van der Waals surface area contributed by atoms with Gasteiger partial charge in [-0.1, -0.05) is 6.07 Å². The van der Waals surface area contributed by atoms with E-state index in [1.165, 1.54) is 5.56 Å². The third-order valence-corrected chi connectivity index (χ3v) is 5.28. The van der Waals surface area contributed by atoms with E-state index in [9.17, 15) is 4.79 Å². The van der Waals surface area contributed by atoms with Gasteiger partial charge in [0, 0.05) is 61.6 Å². The quantitative estimate of drug-likeness (QED) is 0.677. The highest BCUT2D eigenvalue weighted by Gasteiger charge is 2.15. The number of aryl methyl sites for hydroxylation is 2. The third-order valence-electron chi connectivity index (χ3n) is 5.28. The van der Waals surface area contributed by atoms with Gasteiger partial charge in [-0.15, -0.1) is 0 Å². The lowest BCUT2D eigenvalue weighted by atomic mass is 10.1. The molecule has 29 heavy (non-hydrogen) atoms.